The number of anilines is 1. The molecule has 1 aromatic carbocycles. The van der Waals surface area contributed by atoms with Crippen molar-refractivity contribution in [3.8, 4) is 0 Å². The van der Waals surface area contributed by atoms with Gasteiger partial charge in [-0.25, -0.2) is 0 Å². The molecule has 8 heteroatoms. The molecular weight excluding hydrogens is 530 g/mol. The second-order valence-electron chi connectivity index (χ2n) is 12.4. The third-order valence-corrected chi connectivity index (χ3v) is 9.71. The Bertz CT molecular complexity index is 1140. The zero-order chi connectivity index (χ0) is 30.5. The number of aliphatic hydroxyl groups is 1. The summed E-state index contributed by atoms with van der Waals surface area (Å²) in [5.74, 6) is -1.95. The summed E-state index contributed by atoms with van der Waals surface area (Å²) in [5.41, 5.74) is -1.22. The standard InChI is InChI=1S/C34H49N3O5/c1-6-9-21-35(19-7-2)32(41)29-34-24-25(4)33(5,42-34)27(28(34)31(40)37(29)22-15-10-11-16-23-38)30(39)36(20-8-3)26-17-13-12-14-18-26/h7-8,12-14,17-18,25,27-29,38H,2-3,6,9-11,15-16,19-24H2,1,4-5H3/t25?,27-,28-,29?,33+,34?/m0/s1. The molecule has 8 nitrogen and oxygen atoms in total. The van der Waals surface area contributed by atoms with E-state index in [-0.39, 0.29) is 30.2 Å². The Morgan fingerprint density at radius 1 is 1.07 bits per heavy atom. The molecular formula is C34H49N3O5. The van der Waals surface area contributed by atoms with E-state index < -0.39 is 29.1 Å². The van der Waals surface area contributed by atoms with E-state index in [9.17, 15) is 19.5 Å². The van der Waals surface area contributed by atoms with Gasteiger partial charge >= 0.3 is 0 Å². The summed E-state index contributed by atoms with van der Waals surface area (Å²) < 4.78 is 6.95. The molecule has 4 rings (SSSR count). The van der Waals surface area contributed by atoms with E-state index in [2.05, 4.69) is 27.0 Å². The van der Waals surface area contributed by atoms with Crippen LogP contribution >= 0.6 is 0 Å². The molecule has 0 radical (unpaired) electrons. The van der Waals surface area contributed by atoms with E-state index in [1.807, 2.05) is 37.3 Å². The number of hydrogen-bond acceptors (Lipinski definition) is 5. The molecule has 3 aliphatic rings. The minimum Gasteiger partial charge on any atom is -0.396 e. The van der Waals surface area contributed by atoms with E-state index in [0.717, 1.165) is 31.4 Å². The van der Waals surface area contributed by atoms with Gasteiger partial charge in [0.25, 0.3) is 0 Å². The van der Waals surface area contributed by atoms with Crippen LogP contribution in [-0.2, 0) is 19.1 Å². The summed E-state index contributed by atoms with van der Waals surface area (Å²) in [6.45, 7) is 15.7. The quantitative estimate of drug-likeness (QED) is 0.229. The second-order valence-corrected chi connectivity index (χ2v) is 12.4. The Morgan fingerprint density at radius 3 is 2.40 bits per heavy atom. The van der Waals surface area contributed by atoms with Gasteiger partial charge in [0.05, 0.1) is 17.4 Å². The number of likely N-dealkylation sites (tertiary alicyclic amines) is 1. The molecule has 1 N–H and O–H groups in total. The van der Waals surface area contributed by atoms with Gasteiger partial charge in [0.15, 0.2) is 0 Å². The first-order valence-corrected chi connectivity index (χ1v) is 15.7. The average molecular weight is 580 g/mol. The number of carbonyl (C=O) groups is 3. The monoisotopic (exact) mass is 579 g/mol. The SMILES string of the molecule is C=CCN(CCCC)C(=O)C1N(CCCCCCO)C(=O)[C@@H]2[C@@H](C(=O)N(CC=C)c3ccccc3)[C@]3(C)OC12CC3C. The third-order valence-electron chi connectivity index (χ3n) is 9.71. The van der Waals surface area contributed by atoms with Crippen molar-refractivity contribution in [2.24, 2.45) is 17.8 Å². The number of benzene rings is 1. The van der Waals surface area contributed by atoms with E-state index >= 15 is 0 Å². The Balaban J connectivity index is 1.76. The molecule has 42 heavy (non-hydrogen) atoms. The maximum absolute atomic E-state index is 14.5. The van der Waals surface area contributed by atoms with Crippen LogP contribution in [0.1, 0.15) is 65.7 Å². The molecule has 3 amide bonds. The molecule has 0 saturated carbocycles. The van der Waals surface area contributed by atoms with Gasteiger partial charge in [-0.05, 0) is 50.7 Å². The number of rotatable bonds is 16. The van der Waals surface area contributed by atoms with E-state index in [1.54, 1.807) is 26.9 Å². The van der Waals surface area contributed by atoms with Crippen molar-refractivity contribution in [1.82, 2.24) is 9.80 Å². The molecule has 2 bridgehead atoms. The van der Waals surface area contributed by atoms with E-state index in [0.29, 0.717) is 45.4 Å². The molecule has 3 heterocycles. The highest BCUT2D eigenvalue weighted by Crippen LogP contribution is 2.65. The molecule has 6 atom stereocenters. The summed E-state index contributed by atoms with van der Waals surface area (Å²) in [7, 11) is 0. The van der Waals surface area contributed by atoms with Crippen molar-refractivity contribution < 1.29 is 24.2 Å². The lowest BCUT2D eigenvalue weighted by Gasteiger charge is -2.39. The van der Waals surface area contributed by atoms with Gasteiger partial charge in [0.2, 0.25) is 17.7 Å². The van der Waals surface area contributed by atoms with Crippen LogP contribution in [0.5, 0.6) is 0 Å². The highest BCUT2D eigenvalue weighted by molar-refractivity contribution is 6.03. The summed E-state index contributed by atoms with van der Waals surface area (Å²) in [5, 5.41) is 9.21. The van der Waals surface area contributed by atoms with Crippen molar-refractivity contribution in [3.05, 3.63) is 55.6 Å². The number of unbranched alkanes of at least 4 members (excludes halogenated alkanes) is 4. The molecule has 1 spiro atoms. The van der Waals surface area contributed by atoms with Gasteiger partial charge in [-0.3, -0.25) is 14.4 Å². The number of amides is 3. The fourth-order valence-electron chi connectivity index (χ4n) is 7.58. The third kappa shape index (κ3) is 5.55. The lowest BCUT2D eigenvalue weighted by molar-refractivity contribution is -0.152. The first kappa shape index (κ1) is 32.0. The smallest absolute Gasteiger partial charge is 0.248 e. The van der Waals surface area contributed by atoms with Crippen molar-refractivity contribution in [2.45, 2.75) is 83.0 Å². The van der Waals surface area contributed by atoms with Gasteiger partial charge < -0.3 is 24.5 Å². The largest absolute Gasteiger partial charge is 0.396 e. The summed E-state index contributed by atoms with van der Waals surface area (Å²) >= 11 is 0. The van der Waals surface area contributed by atoms with Crippen LogP contribution in [0, 0.1) is 17.8 Å². The summed E-state index contributed by atoms with van der Waals surface area (Å²) in [6.07, 6.45) is 8.88. The van der Waals surface area contributed by atoms with Crippen LogP contribution in [-0.4, -0.2) is 82.7 Å². The maximum atomic E-state index is 14.5. The van der Waals surface area contributed by atoms with Gasteiger partial charge in [-0.2, -0.15) is 0 Å². The van der Waals surface area contributed by atoms with Crippen LogP contribution in [0.25, 0.3) is 0 Å². The van der Waals surface area contributed by atoms with Crippen molar-refractivity contribution in [2.75, 3.05) is 37.7 Å². The van der Waals surface area contributed by atoms with Gasteiger partial charge in [0, 0.05) is 38.5 Å². The Hall–Kier alpha value is -2.97. The predicted octanol–water partition coefficient (Wildman–Crippen LogP) is 4.58. The fourth-order valence-corrected chi connectivity index (χ4v) is 7.58. The molecule has 0 aliphatic carbocycles. The maximum Gasteiger partial charge on any atom is 0.248 e. The van der Waals surface area contributed by atoms with Gasteiger partial charge in [-0.15, -0.1) is 13.2 Å². The van der Waals surface area contributed by atoms with Crippen molar-refractivity contribution in [3.63, 3.8) is 0 Å². The average Bonchev–Trinajstić information content (AvgIpc) is 3.50. The topological polar surface area (TPSA) is 90.4 Å². The highest BCUT2D eigenvalue weighted by Gasteiger charge is 2.80. The zero-order valence-corrected chi connectivity index (χ0v) is 25.7. The van der Waals surface area contributed by atoms with Gasteiger partial charge in [0.1, 0.15) is 11.6 Å². The molecule has 3 fully saturated rings. The van der Waals surface area contributed by atoms with Crippen LogP contribution < -0.4 is 4.90 Å². The van der Waals surface area contributed by atoms with Crippen molar-refractivity contribution >= 4 is 23.4 Å². The Kier molecular flexibility index (Phi) is 10.3. The molecule has 3 aliphatic heterocycles. The zero-order valence-electron chi connectivity index (χ0n) is 25.7. The number of ether oxygens (including phenoxy) is 1. The van der Waals surface area contributed by atoms with Gasteiger partial charge in [-0.1, -0.05) is 63.5 Å². The Morgan fingerprint density at radius 2 is 1.76 bits per heavy atom. The summed E-state index contributed by atoms with van der Waals surface area (Å²) in [6, 6.07) is 8.66. The first-order chi connectivity index (χ1) is 20.2. The number of carbonyl (C=O) groups excluding carboxylic acids is 3. The van der Waals surface area contributed by atoms with Crippen LogP contribution in [0.2, 0.25) is 0 Å². The predicted molar refractivity (Wildman–Crippen MR) is 165 cm³/mol. The minimum absolute atomic E-state index is 0.0276. The number of para-hydroxylation sites is 1. The highest BCUT2D eigenvalue weighted by atomic mass is 16.5. The lowest BCUT2D eigenvalue weighted by atomic mass is 9.62. The minimum atomic E-state index is -1.07. The molecule has 1 aromatic rings. The van der Waals surface area contributed by atoms with Crippen LogP contribution in [0.4, 0.5) is 5.69 Å². The molecule has 3 saturated heterocycles. The van der Waals surface area contributed by atoms with Crippen LogP contribution in [0.15, 0.2) is 55.6 Å². The van der Waals surface area contributed by atoms with E-state index in [4.69, 9.17) is 4.74 Å². The van der Waals surface area contributed by atoms with E-state index in [1.165, 1.54) is 0 Å². The first-order valence-electron chi connectivity index (χ1n) is 15.7. The molecule has 0 aromatic heterocycles. The number of nitrogens with zero attached hydrogens (tertiary/aromatic N) is 3. The number of hydrogen-bond donors (Lipinski definition) is 1. The molecule has 3 unspecified atom stereocenters. The van der Waals surface area contributed by atoms with Crippen molar-refractivity contribution in [1.29, 1.82) is 0 Å². The summed E-state index contributed by atoms with van der Waals surface area (Å²) in [4.78, 5) is 48.7. The van der Waals surface area contributed by atoms with Crippen LogP contribution in [0.3, 0.4) is 0 Å². The number of aliphatic hydroxyl groups excluding tert-OH is 1. The lowest BCUT2D eigenvalue weighted by Crippen LogP contribution is -2.57. The Labute approximate surface area is 251 Å². The molecule has 230 valence electrons. The second kappa shape index (κ2) is 13.6. The number of fused-ring (bicyclic) bond motifs is 1. The normalized spacial score (nSPS) is 29.4. The fraction of sp³-hybridized carbons (Fsp3) is 0.618.